The van der Waals surface area contributed by atoms with E-state index >= 15 is 0 Å². The van der Waals surface area contributed by atoms with Crippen LogP contribution in [0, 0.1) is 0 Å². The quantitative estimate of drug-likeness (QED) is 0.157. The number of pyridine rings is 2. The van der Waals surface area contributed by atoms with Crippen molar-refractivity contribution in [3.8, 4) is 0 Å². The monoisotopic (exact) mass is 646 g/mol. The molecule has 0 bridgehead atoms. The van der Waals surface area contributed by atoms with Crippen LogP contribution in [-0.4, -0.2) is 83.3 Å². The van der Waals surface area contributed by atoms with Crippen LogP contribution in [0.2, 0.25) is 0 Å². The van der Waals surface area contributed by atoms with Gasteiger partial charge in [-0.1, -0.05) is 0 Å². The highest BCUT2D eigenvalue weighted by atomic mass is 32.2. The molecule has 0 aliphatic carbocycles. The topological polar surface area (TPSA) is 159 Å². The van der Waals surface area contributed by atoms with E-state index < -0.39 is 9.84 Å². The molecule has 15 heteroatoms. The van der Waals surface area contributed by atoms with Gasteiger partial charge in [0, 0.05) is 48.3 Å². The first-order valence-electron chi connectivity index (χ1n) is 14.5. The molecular formula is C30H34N10O3S2. The summed E-state index contributed by atoms with van der Waals surface area (Å²) in [5.74, 6) is 0.212. The van der Waals surface area contributed by atoms with Crippen molar-refractivity contribution < 1.29 is 8.42 Å². The van der Waals surface area contributed by atoms with Crippen LogP contribution < -0.4 is 26.8 Å². The van der Waals surface area contributed by atoms with Crippen LogP contribution in [0.1, 0.15) is 11.3 Å². The van der Waals surface area contributed by atoms with E-state index in [1.54, 1.807) is 41.7 Å². The summed E-state index contributed by atoms with van der Waals surface area (Å²) in [5, 5.41) is 13.8. The molecule has 0 amide bonds. The maximum absolute atomic E-state index is 14.0. The predicted molar refractivity (Wildman–Crippen MR) is 178 cm³/mol. The van der Waals surface area contributed by atoms with Gasteiger partial charge in [0.2, 0.25) is 5.95 Å². The average Bonchev–Trinajstić information content (AvgIpc) is 3.73. The van der Waals surface area contributed by atoms with Crippen LogP contribution in [0.25, 0.3) is 11.0 Å². The molecule has 5 aromatic rings. The van der Waals surface area contributed by atoms with Crippen molar-refractivity contribution in [2.75, 3.05) is 55.4 Å². The fourth-order valence-electron chi connectivity index (χ4n) is 5.00. The summed E-state index contributed by atoms with van der Waals surface area (Å²) in [6, 6.07) is 13.5. The number of aromatic nitrogens is 5. The number of nitrogens with one attached hydrogen (secondary N) is 4. The molecule has 0 radical (unpaired) electrons. The zero-order valence-corrected chi connectivity index (χ0v) is 26.5. The van der Waals surface area contributed by atoms with Crippen LogP contribution in [0.4, 0.5) is 28.7 Å². The van der Waals surface area contributed by atoms with Crippen LogP contribution in [0.5, 0.6) is 0 Å². The van der Waals surface area contributed by atoms with Crippen molar-refractivity contribution in [2.45, 2.75) is 24.0 Å². The molecule has 1 aliphatic heterocycles. The summed E-state index contributed by atoms with van der Waals surface area (Å²) >= 11 is 1.19. The van der Waals surface area contributed by atoms with E-state index in [-0.39, 0.29) is 28.6 Å². The molecule has 4 aromatic heterocycles. The summed E-state index contributed by atoms with van der Waals surface area (Å²) in [6.45, 7) is 2.27. The van der Waals surface area contributed by atoms with Crippen molar-refractivity contribution in [3.05, 3.63) is 81.8 Å². The van der Waals surface area contributed by atoms with Crippen LogP contribution in [-0.2, 0) is 16.4 Å². The molecule has 13 nitrogen and oxygen atoms in total. The minimum atomic E-state index is -3.68. The third-order valence-corrected chi connectivity index (χ3v) is 9.95. The van der Waals surface area contributed by atoms with Crippen molar-refractivity contribution in [1.29, 1.82) is 0 Å². The van der Waals surface area contributed by atoms with E-state index in [0.717, 1.165) is 30.9 Å². The molecule has 0 spiro atoms. The number of rotatable bonds is 12. The second-order valence-electron chi connectivity index (χ2n) is 11.0. The second-order valence-corrected chi connectivity index (χ2v) is 14.0. The molecule has 6 rings (SSSR count). The first-order valence-corrected chi connectivity index (χ1v) is 17.0. The van der Waals surface area contributed by atoms with Gasteiger partial charge in [-0.15, -0.1) is 11.3 Å². The molecule has 0 saturated carbocycles. The van der Waals surface area contributed by atoms with E-state index in [1.165, 1.54) is 21.4 Å². The second kappa shape index (κ2) is 13.3. The summed E-state index contributed by atoms with van der Waals surface area (Å²) in [4.78, 5) is 33.8. The smallest absolute Gasteiger partial charge is 0.276 e. The maximum atomic E-state index is 14.0. The number of fused-ring (bicyclic) bond motifs is 1. The third kappa shape index (κ3) is 7.28. The lowest BCUT2D eigenvalue weighted by molar-refractivity contribution is 0.432. The molecule has 1 fully saturated rings. The minimum Gasteiger partial charge on any atom is -0.381 e. The Hall–Kier alpha value is -4.44. The Labute approximate surface area is 264 Å². The van der Waals surface area contributed by atoms with Gasteiger partial charge in [-0.25, -0.2) is 18.4 Å². The lowest BCUT2D eigenvalue weighted by atomic mass is 10.2. The number of anilines is 5. The van der Waals surface area contributed by atoms with Gasteiger partial charge < -0.3 is 26.2 Å². The van der Waals surface area contributed by atoms with Gasteiger partial charge in [-0.3, -0.25) is 14.3 Å². The molecule has 1 aliphatic rings. The molecule has 4 N–H and O–H groups in total. The van der Waals surface area contributed by atoms with E-state index in [0.29, 0.717) is 40.1 Å². The molecule has 5 heterocycles. The molecule has 1 atom stereocenters. The molecule has 1 aromatic carbocycles. The number of benzene rings is 1. The van der Waals surface area contributed by atoms with Gasteiger partial charge in [0.15, 0.2) is 14.9 Å². The Bertz CT molecular complexity index is 1940. The number of nitrogens with zero attached hydrogens (tertiary/aromatic N) is 6. The van der Waals surface area contributed by atoms with Crippen molar-refractivity contribution in [2.24, 2.45) is 0 Å². The highest BCUT2D eigenvalue weighted by molar-refractivity contribution is 7.91. The van der Waals surface area contributed by atoms with Gasteiger partial charge in [0.25, 0.3) is 5.56 Å². The Morgan fingerprint density at radius 2 is 1.89 bits per heavy atom. The largest absolute Gasteiger partial charge is 0.381 e. The maximum Gasteiger partial charge on any atom is 0.276 e. The van der Waals surface area contributed by atoms with Gasteiger partial charge in [0.05, 0.1) is 34.6 Å². The summed E-state index contributed by atoms with van der Waals surface area (Å²) in [5.41, 5.74) is 4.19. The van der Waals surface area contributed by atoms with E-state index in [2.05, 4.69) is 36.2 Å². The average molecular weight is 647 g/mol. The normalized spacial score (nSPS) is 15.0. The number of sulfone groups is 1. The fraction of sp³-hybridized carbons (Fsp3) is 0.300. The fourth-order valence-corrected chi connectivity index (χ4v) is 7.66. The molecule has 1 saturated heterocycles. The third-order valence-electron chi connectivity index (χ3n) is 7.35. The lowest BCUT2D eigenvalue weighted by Crippen LogP contribution is -2.26. The number of thiazole rings is 1. The summed E-state index contributed by atoms with van der Waals surface area (Å²) in [7, 11) is -0.0548. The van der Waals surface area contributed by atoms with Gasteiger partial charge in [-0.05, 0) is 69.5 Å². The van der Waals surface area contributed by atoms with E-state index in [9.17, 15) is 13.2 Å². The summed E-state index contributed by atoms with van der Waals surface area (Å²) < 4.78 is 27.9. The first-order chi connectivity index (χ1) is 21.7. The Morgan fingerprint density at radius 3 is 2.62 bits per heavy atom. The molecular weight excluding hydrogens is 613 g/mol. The van der Waals surface area contributed by atoms with Crippen molar-refractivity contribution >= 4 is 60.9 Å². The van der Waals surface area contributed by atoms with Crippen molar-refractivity contribution in [3.63, 3.8) is 0 Å². The van der Waals surface area contributed by atoms with Crippen LogP contribution in [0.15, 0.2) is 76.4 Å². The summed E-state index contributed by atoms with van der Waals surface area (Å²) in [6.07, 6.45) is 5.98. The van der Waals surface area contributed by atoms with Crippen molar-refractivity contribution in [1.82, 2.24) is 34.7 Å². The Morgan fingerprint density at radius 1 is 1.07 bits per heavy atom. The minimum absolute atomic E-state index is 0.0190. The zero-order chi connectivity index (χ0) is 31.4. The predicted octanol–water partition coefficient (Wildman–Crippen LogP) is 3.29. The van der Waals surface area contributed by atoms with E-state index in [1.807, 2.05) is 38.4 Å². The highest BCUT2D eigenvalue weighted by Gasteiger charge is 2.24. The molecule has 45 heavy (non-hydrogen) atoms. The van der Waals surface area contributed by atoms with E-state index in [4.69, 9.17) is 4.98 Å². The molecule has 234 valence electrons. The van der Waals surface area contributed by atoms with Gasteiger partial charge in [0.1, 0.15) is 11.3 Å². The number of hydrogen-bond acceptors (Lipinski definition) is 13. The lowest BCUT2D eigenvalue weighted by Gasteiger charge is -2.15. The standard InChI is InChI=1S/C30H34N10O3S2/c1-39(2)12-13-45(42,43)28-26(44-19-34-28)18-40-27-20(14-25(29(40)41)36-23-4-3-10-31-16-23)15-33-30(38-27)37-22-7-5-21(6-8-22)35-24-9-11-32-17-24/h3-8,10,14-16,19,24,32,35-36H,9,11-13,17-18H2,1-2H3,(H,33,37,38). The highest BCUT2D eigenvalue weighted by Crippen LogP contribution is 2.25. The van der Waals surface area contributed by atoms with Crippen LogP contribution >= 0.6 is 11.3 Å². The Balaban J connectivity index is 1.34. The number of hydrogen-bond donors (Lipinski definition) is 4. The SMILES string of the molecule is CN(C)CCS(=O)(=O)c1ncsc1Cn1c(=O)c(Nc2cccnc2)cc2cnc(Nc3ccc(NC4CCNC4)cc3)nc21. The van der Waals surface area contributed by atoms with Gasteiger partial charge in [-0.2, -0.15) is 4.98 Å². The van der Waals surface area contributed by atoms with Crippen LogP contribution in [0.3, 0.4) is 0 Å². The first kappa shape index (κ1) is 30.6. The Kier molecular flexibility index (Phi) is 9.02. The van der Waals surface area contributed by atoms with Gasteiger partial charge >= 0.3 is 0 Å². The molecule has 1 unspecified atom stereocenters. The zero-order valence-electron chi connectivity index (χ0n) is 24.9.